The van der Waals surface area contributed by atoms with Crippen molar-refractivity contribution in [1.29, 1.82) is 0 Å². The standard InChI is InChI=1S/C23H29ClN2OS/c1-18-5-4-13-26(15-18)16-19-8-10-20(11-9-19)23(27)25-12-14-28-17-21-6-2-3-7-22(21)24/h2-3,6-11,18H,4-5,12-17H2,1H3,(H,25,27)/t18-/m1/s1. The fourth-order valence-electron chi connectivity index (χ4n) is 3.59. The van der Waals surface area contributed by atoms with E-state index in [1.54, 1.807) is 11.8 Å². The van der Waals surface area contributed by atoms with Gasteiger partial charge in [-0.1, -0.05) is 48.9 Å². The van der Waals surface area contributed by atoms with Crippen LogP contribution in [0.15, 0.2) is 48.5 Å². The average Bonchev–Trinajstić information content (AvgIpc) is 2.69. The van der Waals surface area contributed by atoms with E-state index in [9.17, 15) is 4.79 Å². The minimum Gasteiger partial charge on any atom is -0.351 e. The van der Waals surface area contributed by atoms with E-state index in [0.717, 1.165) is 40.1 Å². The van der Waals surface area contributed by atoms with Crippen LogP contribution in [0.1, 0.15) is 41.3 Å². The van der Waals surface area contributed by atoms with Gasteiger partial charge in [-0.15, -0.1) is 0 Å². The van der Waals surface area contributed by atoms with Crippen molar-refractivity contribution in [2.75, 3.05) is 25.4 Å². The number of amides is 1. The summed E-state index contributed by atoms with van der Waals surface area (Å²) in [6.07, 6.45) is 2.63. The number of thioether (sulfide) groups is 1. The Labute approximate surface area is 177 Å². The Hall–Kier alpha value is -1.49. The number of rotatable bonds is 8. The maximum Gasteiger partial charge on any atom is 0.251 e. The van der Waals surface area contributed by atoms with Gasteiger partial charge >= 0.3 is 0 Å². The summed E-state index contributed by atoms with van der Waals surface area (Å²) < 4.78 is 0. The Morgan fingerprint density at radius 2 is 2.00 bits per heavy atom. The molecule has 0 spiro atoms. The summed E-state index contributed by atoms with van der Waals surface area (Å²) in [6.45, 7) is 6.31. The molecule has 3 nitrogen and oxygen atoms in total. The lowest BCUT2D eigenvalue weighted by molar-refractivity contribution is 0.0956. The molecule has 2 aromatic rings. The predicted molar refractivity (Wildman–Crippen MR) is 120 cm³/mol. The number of hydrogen-bond acceptors (Lipinski definition) is 3. The Bertz CT molecular complexity index is 765. The second-order valence-electron chi connectivity index (χ2n) is 7.58. The molecule has 1 atom stereocenters. The number of likely N-dealkylation sites (tertiary alicyclic amines) is 1. The summed E-state index contributed by atoms with van der Waals surface area (Å²) in [5.41, 5.74) is 3.15. The quantitative estimate of drug-likeness (QED) is 0.597. The van der Waals surface area contributed by atoms with E-state index in [0.29, 0.717) is 6.54 Å². The maximum atomic E-state index is 12.3. The third kappa shape index (κ3) is 6.54. The lowest BCUT2D eigenvalue weighted by Crippen LogP contribution is -2.33. The van der Waals surface area contributed by atoms with Gasteiger partial charge in [0.15, 0.2) is 0 Å². The van der Waals surface area contributed by atoms with Gasteiger partial charge in [-0.3, -0.25) is 9.69 Å². The van der Waals surface area contributed by atoms with Crippen LogP contribution in [0.3, 0.4) is 0 Å². The molecule has 2 aromatic carbocycles. The molecule has 5 heteroatoms. The third-order valence-electron chi connectivity index (χ3n) is 5.11. The van der Waals surface area contributed by atoms with Gasteiger partial charge in [-0.05, 0) is 54.6 Å². The van der Waals surface area contributed by atoms with Crippen LogP contribution < -0.4 is 5.32 Å². The van der Waals surface area contributed by atoms with Crippen LogP contribution in [0.2, 0.25) is 5.02 Å². The van der Waals surface area contributed by atoms with E-state index in [4.69, 9.17) is 11.6 Å². The first-order valence-corrected chi connectivity index (χ1v) is 11.6. The fourth-order valence-corrected chi connectivity index (χ4v) is 4.73. The van der Waals surface area contributed by atoms with Crippen molar-refractivity contribution >= 4 is 29.3 Å². The van der Waals surface area contributed by atoms with Crippen LogP contribution in [0, 0.1) is 5.92 Å². The number of nitrogens with one attached hydrogen (secondary N) is 1. The molecular weight excluding hydrogens is 388 g/mol. The second kappa shape index (κ2) is 10.9. The zero-order valence-electron chi connectivity index (χ0n) is 16.5. The van der Waals surface area contributed by atoms with E-state index in [1.165, 1.54) is 31.5 Å². The average molecular weight is 417 g/mol. The molecule has 0 bridgehead atoms. The smallest absolute Gasteiger partial charge is 0.251 e. The number of halogens is 1. The highest BCUT2D eigenvalue weighted by molar-refractivity contribution is 7.98. The van der Waals surface area contributed by atoms with E-state index in [1.807, 2.05) is 36.4 Å². The number of carbonyl (C=O) groups is 1. The highest BCUT2D eigenvalue weighted by Gasteiger charge is 2.16. The van der Waals surface area contributed by atoms with Crippen molar-refractivity contribution in [2.24, 2.45) is 5.92 Å². The molecule has 1 N–H and O–H groups in total. The second-order valence-corrected chi connectivity index (χ2v) is 9.09. The van der Waals surface area contributed by atoms with Crippen LogP contribution in [-0.4, -0.2) is 36.2 Å². The Kier molecular flexibility index (Phi) is 8.26. The largest absolute Gasteiger partial charge is 0.351 e. The van der Waals surface area contributed by atoms with Crippen molar-refractivity contribution < 1.29 is 4.79 Å². The summed E-state index contributed by atoms with van der Waals surface area (Å²) in [7, 11) is 0. The molecule has 1 aliphatic rings. The van der Waals surface area contributed by atoms with Gasteiger partial charge in [0.25, 0.3) is 5.91 Å². The van der Waals surface area contributed by atoms with Crippen molar-refractivity contribution in [3.63, 3.8) is 0 Å². The summed E-state index contributed by atoms with van der Waals surface area (Å²) in [5.74, 6) is 2.51. The molecule has 0 aromatic heterocycles. The molecule has 1 heterocycles. The number of carbonyl (C=O) groups excluding carboxylic acids is 1. The minimum absolute atomic E-state index is 0.00325. The SMILES string of the molecule is C[C@@H]1CCCN(Cc2ccc(C(=O)NCCSCc3ccccc3Cl)cc2)C1. The van der Waals surface area contributed by atoms with Crippen molar-refractivity contribution in [3.8, 4) is 0 Å². The zero-order chi connectivity index (χ0) is 19.8. The zero-order valence-corrected chi connectivity index (χ0v) is 18.1. The number of nitrogens with zero attached hydrogens (tertiary/aromatic N) is 1. The first-order valence-electron chi connectivity index (χ1n) is 10.0. The lowest BCUT2D eigenvalue weighted by atomic mass is 9.99. The third-order valence-corrected chi connectivity index (χ3v) is 6.49. The molecule has 0 unspecified atom stereocenters. The summed E-state index contributed by atoms with van der Waals surface area (Å²) >= 11 is 7.94. The van der Waals surface area contributed by atoms with Gasteiger partial charge < -0.3 is 5.32 Å². The molecule has 1 amide bonds. The topological polar surface area (TPSA) is 32.3 Å². The maximum absolute atomic E-state index is 12.3. The molecule has 0 saturated carbocycles. The monoisotopic (exact) mass is 416 g/mol. The van der Waals surface area contributed by atoms with Gasteiger partial charge in [0.05, 0.1) is 0 Å². The lowest BCUT2D eigenvalue weighted by Gasteiger charge is -2.30. The first kappa shape index (κ1) is 21.2. The van der Waals surface area contributed by atoms with Crippen LogP contribution >= 0.6 is 23.4 Å². The first-order chi connectivity index (χ1) is 13.6. The number of hydrogen-bond donors (Lipinski definition) is 1. The van der Waals surface area contributed by atoms with Gasteiger partial charge in [0.2, 0.25) is 0 Å². The van der Waals surface area contributed by atoms with E-state index < -0.39 is 0 Å². The fraction of sp³-hybridized carbons (Fsp3) is 0.435. The molecule has 150 valence electrons. The van der Waals surface area contributed by atoms with Crippen LogP contribution in [0.4, 0.5) is 0 Å². The van der Waals surface area contributed by atoms with Gasteiger partial charge in [0, 0.05) is 41.7 Å². The summed E-state index contributed by atoms with van der Waals surface area (Å²) in [4.78, 5) is 14.8. The molecule has 3 rings (SSSR count). The highest BCUT2D eigenvalue weighted by atomic mass is 35.5. The molecule has 1 aliphatic heterocycles. The van der Waals surface area contributed by atoms with Crippen LogP contribution in [0.25, 0.3) is 0 Å². The van der Waals surface area contributed by atoms with Crippen LogP contribution in [-0.2, 0) is 12.3 Å². The van der Waals surface area contributed by atoms with E-state index in [-0.39, 0.29) is 5.91 Å². The van der Waals surface area contributed by atoms with Gasteiger partial charge in [-0.25, -0.2) is 0 Å². The predicted octanol–water partition coefficient (Wildman–Crippen LogP) is 5.24. The number of benzene rings is 2. The van der Waals surface area contributed by atoms with Gasteiger partial charge in [-0.2, -0.15) is 11.8 Å². The molecular formula is C23H29ClN2OS. The molecule has 28 heavy (non-hydrogen) atoms. The molecule has 1 fully saturated rings. The molecule has 1 saturated heterocycles. The highest BCUT2D eigenvalue weighted by Crippen LogP contribution is 2.20. The Morgan fingerprint density at radius 1 is 1.21 bits per heavy atom. The van der Waals surface area contributed by atoms with Crippen molar-refractivity contribution in [2.45, 2.75) is 32.1 Å². The van der Waals surface area contributed by atoms with E-state index >= 15 is 0 Å². The molecule has 0 aliphatic carbocycles. The van der Waals surface area contributed by atoms with Gasteiger partial charge in [0.1, 0.15) is 0 Å². The minimum atomic E-state index is -0.00325. The number of piperidine rings is 1. The molecule has 0 radical (unpaired) electrons. The van der Waals surface area contributed by atoms with Crippen molar-refractivity contribution in [1.82, 2.24) is 10.2 Å². The summed E-state index contributed by atoms with van der Waals surface area (Å²) in [6, 6.07) is 15.9. The van der Waals surface area contributed by atoms with E-state index in [2.05, 4.69) is 29.3 Å². The summed E-state index contributed by atoms with van der Waals surface area (Å²) in [5, 5.41) is 3.81. The Morgan fingerprint density at radius 3 is 2.75 bits per heavy atom. The Balaban J connectivity index is 1.38. The normalized spacial score (nSPS) is 17.4. The van der Waals surface area contributed by atoms with Crippen molar-refractivity contribution in [3.05, 3.63) is 70.2 Å². The van der Waals surface area contributed by atoms with Crippen LogP contribution in [0.5, 0.6) is 0 Å².